The Balaban J connectivity index is 2.31. The fourth-order valence-corrected chi connectivity index (χ4v) is 2.04. The number of ether oxygens (including phenoxy) is 3. The van der Waals surface area contributed by atoms with E-state index in [4.69, 9.17) is 14.2 Å². The van der Waals surface area contributed by atoms with Crippen molar-refractivity contribution in [2.24, 2.45) is 0 Å². The molecule has 0 aliphatic rings. The van der Waals surface area contributed by atoms with Gasteiger partial charge in [0, 0.05) is 17.7 Å². The monoisotopic (exact) mass is 328 g/mol. The van der Waals surface area contributed by atoms with E-state index in [2.05, 4.69) is 11.8 Å². The third-order valence-electron chi connectivity index (χ3n) is 3.26. The van der Waals surface area contributed by atoms with Crippen molar-refractivity contribution in [3.63, 3.8) is 0 Å². The van der Waals surface area contributed by atoms with Crippen molar-refractivity contribution in [1.82, 2.24) is 0 Å². The van der Waals surface area contributed by atoms with Gasteiger partial charge in [0.2, 0.25) is 0 Å². The second-order valence-corrected chi connectivity index (χ2v) is 5.01. The molecular weight excluding hydrogens is 308 g/mol. The SMILES string of the molecule is CCCOc1ccc(C#Cc2cc(OC)c(O)cc2O)cc1OC. The molecule has 0 spiro atoms. The Morgan fingerprint density at radius 1 is 0.875 bits per heavy atom. The third kappa shape index (κ3) is 4.05. The van der Waals surface area contributed by atoms with E-state index in [-0.39, 0.29) is 17.2 Å². The van der Waals surface area contributed by atoms with Gasteiger partial charge in [0.15, 0.2) is 23.0 Å². The highest BCUT2D eigenvalue weighted by molar-refractivity contribution is 5.58. The van der Waals surface area contributed by atoms with Crippen molar-refractivity contribution >= 4 is 0 Å². The van der Waals surface area contributed by atoms with Crippen LogP contribution >= 0.6 is 0 Å². The van der Waals surface area contributed by atoms with Gasteiger partial charge >= 0.3 is 0 Å². The van der Waals surface area contributed by atoms with Gasteiger partial charge in [0.25, 0.3) is 0 Å². The number of rotatable bonds is 5. The Morgan fingerprint density at radius 3 is 2.29 bits per heavy atom. The van der Waals surface area contributed by atoms with Gasteiger partial charge in [-0.15, -0.1) is 0 Å². The standard InChI is InChI=1S/C19H20O5/c1-4-9-24-17-8-6-13(10-19(17)23-3)5-7-14-11-18(22-2)16(21)12-15(14)20/h6,8,10-12,20-21H,4,9H2,1-3H3. The van der Waals surface area contributed by atoms with Crippen LogP contribution in [-0.4, -0.2) is 31.0 Å². The normalized spacial score (nSPS) is 9.79. The van der Waals surface area contributed by atoms with Crippen LogP contribution in [0, 0.1) is 11.8 Å². The van der Waals surface area contributed by atoms with Crippen molar-refractivity contribution in [3.05, 3.63) is 41.5 Å². The topological polar surface area (TPSA) is 68.2 Å². The molecule has 0 radical (unpaired) electrons. The summed E-state index contributed by atoms with van der Waals surface area (Å²) in [6.45, 7) is 2.65. The first-order valence-corrected chi connectivity index (χ1v) is 7.51. The maximum absolute atomic E-state index is 9.87. The van der Waals surface area contributed by atoms with E-state index in [0.717, 1.165) is 6.42 Å². The average Bonchev–Trinajstić information content (AvgIpc) is 2.59. The van der Waals surface area contributed by atoms with Crippen LogP contribution < -0.4 is 14.2 Å². The van der Waals surface area contributed by atoms with Crippen LogP contribution in [0.3, 0.4) is 0 Å². The van der Waals surface area contributed by atoms with Gasteiger partial charge in [-0.05, 0) is 24.6 Å². The predicted molar refractivity (Wildman–Crippen MR) is 91.1 cm³/mol. The van der Waals surface area contributed by atoms with Gasteiger partial charge in [0.1, 0.15) is 5.75 Å². The van der Waals surface area contributed by atoms with Crippen LogP contribution in [0.5, 0.6) is 28.7 Å². The third-order valence-corrected chi connectivity index (χ3v) is 3.26. The first-order valence-electron chi connectivity index (χ1n) is 7.51. The minimum absolute atomic E-state index is 0.115. The van der Waals surface area contributed by atoms with Gasteiger partial charge < -0.3 is 24.4 Å². The van der Waals surface area contributed by atoms with Crippen molar-refractivity contribution in [2.75, 3.05) is 20.8 Å². The maximum atomic E-state index is 9.87. The fourth-order valence-electron chi connectivity index (χ4n) is 2.04. The number of aromatic hydroxyl groups is 2. The average molecular weight is 328 g/mol. The first kappa shape index (κ1) is 17.4. The van der Waals surface area contributed by atoms with Crippen molar-refractivity contribution in [1.29, 1.82) is 0 Å². The molecular formula is C19H20O5. The minimum Gasteiger partial charge on any atom is -0.507 e. The van der Waals surface area contributed by atoms with E-state index in [0.29, 0.717) is 29.2 Å². The van der Waals surface area contributed by atoms with Crippen LogP contribution in [-0.2, 0) is 0 Å². The lowest BCUT2D eigenvalue weighted by atomic mass is 10.1. The Kier molecular flexibility index (Phi) is 5.80. The Morgan fingerprint density at radius 2 is 1.62 bits per heavy atom. The number of phenols is 2. The maximum Gasteiger partial charge on any atom is 0.162 e. The van der Waals surface area contributed by atoms with E-state index in [1.54, 1.807) is 19.2 Å². The highest BCUT2D eigenvalue weighted by Crippen LogP contribution is 2.32. The number of benzene rings is 2. The van der Waals surface area contributed by atoms with Gasteiger partial charge in [-0.2, -0.15) is 0 Å². The van der Waals surface area contributed by atoms with Gasteiger partial charge in [-0.1, -0.05) is 18.8 Å². The van der Waals surface area contributed by atoms with Crippen LogP contribution in [0.4, 0.5) is 0 Å². The summed E-state index contributed by atoms with van der Waals surface area (Å²) in [6.07, 6.45) is 0.909. The highest BCUT2D eigenvalue weighted by atomic mass is 16.5. The second kappa shape index (κ2) is 8.02. The summed E-state index contributed by atoms with van der Waals surface area (Å²) in [4.78, 5) is 0. The first-order chi connectivity index (χ1) is 11.6. The quantitative estimate of drug-likeness (QED) is 0.824. The summed E-state index contributed by atoms with van der Waals surface area (Å²) in [5.41, 5.74) is 1.07. The summed E-state index contributed by atoms with van der Waals surface area (Å²) in [6, 6.07) is 8.07. The summed E-state index contributed by atoms with van der Waals surface area (Å²) >= 11 is 0. The largest absolute Gasteiger partial charge is 0.507 e. The molecule has 0 aliphatic heterocycles. The van der Waals surface area contributed by atoms with Gasteiger partial charge in [-0.3, -0.25) is 0 Å². The Labute approximate surface area is 141 Å². The summed E-state index contributed by atoms with van der Waals surface area (Å²) in [5, 5.41) is 19.5. The number of phenolic OH excluding ortho intramolecular Hbond substituents is 2. The molecule has 2 N–H and O–H groups in total. The zero-order valence-electron chi connectivity index (χ0n) is 13.9. The molecule has 0 saturated carbocycles. The molecule has 5 heteroatoms. The lowest BCUT2D eigenvalue weighted by Gasteiger charge is -2.10. The molecule has 2 aromatic rings. The number of methoxy groups -OCH3 is 2. The number of hydrogen-bond donors (Lipinski definition) is 2. The van der Waals surface area contributed by atoms with Crippen LogP contribution in [0.1, 0.15) is 24.5 Å². The van der Waals surface area contributed by atoms with Gasteiger partial charge in [0.05, 0.1) is 26.4 Å². The number of hydrogen-bond acceptors (Lipinski definition) is 5. The lowest BCUT2D eigenvalue weighted by molar-refractivity contribution is 0.294. The molecule has 0 atom stereocenters. The summed E-state index contributed by atoms with van der Waals surface area (Å²) in [5.74, 6) is 7.06. The minimum atomic E-state index is -0.139. The molecule has 126 valence electrons. The lowest BCUT2D eigenvalue weighted by Crippen LogP contribution is -1.97. The molecule has 2 rings (SSSR count). The van der Waals surface area contributed by atoms with E-state index in [1.807, 2.05) is 13.0 Å². The molecule has 24 heavy (non-hydrogen) atoms. The van der Waals surface area contributed by atoms with Crippen molar-refractivity contribution in [3.8, 4) is 40.6 Å². The van der Waals surface area contributed by atoms with Crippen LogP contribution in [0.25, 0.3) is 0 Å². The molecule has 0 unspecified atom stereocenters. The van der Waals surface area contributed by atoms with Crippen molar-refractivity contribution < 1.29 is 24.4 Å². The van der Waals surface area contributed by atoms with Crippen LogP contribution in [0.15, 0.2) is 30.3 Å². The fraction of sp³-hybridized carbons (Fsp3) is 0.263. The molecule has 0 bridgehead atoms. The smallest absolute Gasteiger partial charge is 0.162 e. The summed E-state index contributed by atoms with van der Waals surface area (Å²) < 4.78 is 15.9. The van der Waals surface area contributed by atoms with Gasteiger partial charge in [-0.25, -0.2) is 0 Å². The van der Waals surface area contributed by atoms with Crippen molar-refractivity contribution in [2.45, 2.75) is 13.3 Å². The van der Waals surface area contributed by atoms with E-state index in [1.165, 1.54) is 19.2 Å². The Hall–Kier alpha value is -3.00. The molecule has 0 saturated heterocycles. The van der Waals surface area contributed by atoms with E-state index in [9.17, 15) is 10.2 Å². The Bertz CT molecular complexity index is 771. The second-order valence-electron chi connectivity index (χ2n) is 5.01. The molecule has 0 aliphatic carbocycles. The molecule has 5 nitrogen and oxygen atoms in total. The van der Waals surface area contributed by atoms with E-state index < -0.39 is 0 Å². The zero-order chi connectivity index (χ0) is 17.5. The molecule has 0 heterocycles. The molecule has 0 fully saturated rings. The van der Waals surface area contributed by atoms with E-state index >= 15 is 0 Å². The molecule has 0 aromatic heterocycles. The van der Waals surface area contributed by atoms with Crippen LogP contribution in [0.2, 0.25) is 0 Å². The molecule has 2 aromatic carbocycles. The highest BCUT2D eigenvalue weighted by Gasteiger charge is 2.08. The predicted octanol–water partition coefficient (Wildman–Crippen LogP) is 3.30. The summed E-state index contributed by atoms with van der Waals surface area (Å²) in [7, 11) is 3.01. The molecule has 0 amide bonds. The zero-order valence-corrected chi connectivity index (χ0v) is 13.9.